The van der Waals surface area contributed by atoms with Gasteiger partial charge in [-0.25, -0.2) is 4.98 Å². The van der Waals surface area contributed by atoms with E-state index in [-0.39, 0.29) is 35.7 Å². The molecule has 0 radical (unpaired) electrons. The van der Waals surface area contributed by atoms with Gasteiger partial charge in [-0.15, -0.1) is 0 Å². The lowest BCUT2D eigenvalue weighted by Gasteiger charge is -2.34. The highest BCUT2D eigenvalue weighted by atomic mass is 35.5. The van der Waals surface area contributed by atoms with Crippen molar-refractivity contribution in [3.05, 3.63) is 23.2 Å². The standard InChI is InChI=1S/C16H21ClN4O2/c1-16(2)7-11-4-3-10(9-21(11)15(16)23)14(22)20-8-12-13(17)19-6-5-18-12/h5-6,10-11H,3-4,7-9H2,1-2H3,(H,20,22). The Balaban J connectivity index is 1.59. The van der Waals surface area contributed by atoms with Crippen molar-refractivity contribution < 1.29 is 9.59 Å². The van der Waals surface area contributed by atoms with Gasteiger partial charge in [-0.05, 0) is 19.3 Å². The molecule has 2 aliphatic rings. The number of nitrogens with one attached hydrogen (secondary N) is 1. The van der Waals surface area contributed by atoms with E-state index in [2.05, 4.69) is 15.3 Å². The first-order chi connectivity index (χ1) is 10.9. The molecule has 1 aromatic rings. The van der Waals surface area contributed by atoms with Gasteiger partial charge in [-0.2, -0.15) is 0 Å². The van der Waals surface area contributed by atoms with Crippen LogP contribution in [0, 0.1) is 11.3 Å². The summed E-state index contributed by atoms with van der Waals surface area (Å²) in [5, 5.41) is 3.16. The maximum Gasteiger partial charge on any atom is 0.228 e. The van der Waals surface area contributed by atoms with Crippen molar-refractivity contribution in [2.24, 2.45) is 11.3 Å². The van der Waals surface area contributed by atoms with Crippen molar-refractivity contribution in [1.29, 1.82) is 0 Å². The van der Waals surface area contributed by atoms with Gasteiger partial charge in [0.25, 0.3) is 0 Å². The predicted molar refractivity (Wildman–Crippen MR) is 85.5 cm³/mol. The molecule has 3 rings (SSSR count). The lowest BCUT2D eigenvalue weighted by molar-refractivity contribution is -0.138. The van der Waals surface area contributed by atoms with Gasteiger partial charge < -0.3 is 10.2 Å². The summed E-state index contributed by atoms with van der Waals surface area (Å²) in [6, 6.07) is 0.288. The summed E-state index contributed by atoms with van der Waals surface area (Å²) in [6.45, 7) is 4.73. The van der Waals surface area contributed by atoms with Gasteiger partial charge in [0.05, 0.1) is 18.2 Å². The van der Waals surface area contributed by atoms with E-state index in [1.54, 1.807) is 6.20 Å². The average molecular weight is 337 g/mol. The van der Waals surface area contributed by atoms with Gasteiger partial charge in [0.1, 0.15) is 0 Å². The van der Waals surface area contributed by atoms with Gasteiger partial charge in [-0.1, -0.05) is 25.4 Å². The van der Waals surface area contributed by atoms with Gasteiger partial charge in [0, 0.05) is 30.4 Å². The molecule has 3 heterocycles. The zero-order valence-corrected chi connectivity index (χ0v) is 14.1. The van der Waals surface area contributed by atoms with Gasteiger partial charge in [0.15, 0.2) is 5.15 Å². The highest BCUT2D eigenvalue weighted by Gasteiger charge is 2.48. The van der Waals surface area contributed by atoms with E-state index in [9.17, 15) is 9.59 Å². The number of carbonyl (C=O) groups excluding carboxylic acids is 2. The summed E-state index contributed by atoms with van der Waals surface area (Å²) in [5.74, 6) is -0.0563. The van der Waals surface area contributed by atoms with Crippen molar-refractivity contribution in [3.63, 3.8) is 0 Å². The number of fused-ring (bicyclic) bond motifs is 1. The van der Waals surface area contributed by atoms with Crippen LogP contribution in [-0.2, 0) is 16.1 Å². The second-order valence-electron chi connectivity index (χ2n) is 6.99. The Kier molecular flexibility index (Phi) is 4.27. The summed E-state index contributed by atoms with van der Waals surface area (Å²) < 4.78 is 0. The molecular formula is C16H21ClN4O2. The number of amides is 2. The first-order valence-electron chi connectivity index (χ1n) is 7.92. The molecule has 2 saturated heterocycles. The molecule has 0 saturated carbocycles. The normalized spacial score (nSPS) is 26.0. The molecule has 2 aliphatic heterocycles. The molecule has 6 nitrogen and oxygen atoms in total. The van der Waals surface area contributed by atoms with E-state index in [1.807, 2.05) is 18.7 Å². The molecule has 23 heavy (non-hydrogen) atoms. The van der Waals surface area contributed by atoms with Crippen LogP contribution in [0.5, 0.6) is 0 Å². The lowest BCUT2D eigenvalue weighted by Crippen LogP contribution is -2.47. The van der Waals surface area contributed by atoms with E-state index < -0.39 is 0 Å². The fourth-order valence-electron chi connectivity index (χ4n) is 3.55. The third-order valence-electron chi connectivity index (χ3n) is 4.82. The minimum atomic E-state index is -0.302. The topological polar surface area (TPSA) is 75.2 Å². The van der Waals surface area contributed by atoms with E-state index >= 15 is 0 Å². The SMILES string of the molecule is CC1(C)CC2CCC(C(=O)NCc3nccnc3Cl)CN2C1=O. The average Bonchev–Trinajstić information content (AvgIpc) is 2.75. The number of halogens is 1. The van der Waals surface area contributed by atoms with E-state index in [0.29, 0.717) is 17.4 Å². The molecule has 0 bridgehead atoms. The van der Waals surface area contributed by atoms with Crippen LogP contribution in [0.4, 0.5) is 0 Å². The predicted octanol–water partition coefficient (Wildman–Crippen LogP) is 1.78. The quantitative estimate of drug-likeness (QED) is 0.913. The monoisotopic (exact) mass is 336 g/mol. The van der Waals surface area contributed by atoms with Crippen LogP contribution in [0.1, 0.15) is 38.8 Å². The summed E-state index contributed by atoms with van der Waals surface area (Å²) in [4.78, 5) is 34.7. The third kappa shape index (κ3) is 3.17. The number of rotatable bonds is 3. The molecule has 0 aliphatic carbocycles. The van der Waals surface area contributed by atoms with Crippen LogP contribution in [0.2, 0.25) is 5.15 Å². The van der Waals surface area contributed by atoms with E-state index in [0.717, 1.165) is 19.3 Å². The molecule has 0 spiro atoms. The van der Waals surface area contributed by atoms with Gasteiger partial charge in [-0.3, -0.25) is 14.6 Å². The number of carbonyl (C=O) groups is 2. The summed E-state index contributed by atoms with van der Waals surface area (Å²) >= 11 is 5.94. The van der Waals surface area contributed by atoms with Crippen molar-refractivity contribution in [3.8, 4) is 0 Å². The second kappa shape index (κ2) is 6.07. The first-order valence-corrected chi connectivity index (χ1v) is 8.30. The van der Waals surface area contributed by atoms with Crippen LogP contribution in [0.25, 0.3) is 0 Å². The fraction of sp³-hybridized carbons (Fsp3) is 0.625. The summed E-state index contributed by atoms with van der Waals surface area (Å²) in [6.07, 6.45) is 5.64. The second-order valence-corrected chi connectivity index (χ2v) is 7.34. The number of hydrogen-bond acceptors (Lipinski definition) is 4. The fourth-order valence-corrected chi connectivity index (χ4v) is 3.72. The molecule has 2 unspecified atom stereocenters. The summed E-state index contributed by atoms with van der Waals surface area (Å²) in [5.41, 5.74) is 0.248. The Labute approximate surface area is 140 Å². The largest absolute Gasteiger partial charge is 0.350 e. The van der Waals surface area contributed by atoms with Crippen molar-refractivity contribution in [2.45, 2.75) is 45.7 Å². The number of piperidine rings is 1. The molecule has 1 aromatic heterocycles. The van der Waals surface area contributed by atoms with Crippen LogP contribution in [0.15, 0.2) is 12.4 Å². The molecule has 7 heteroatoms. The van der Waals surface area contributed by atoms with Crippen LogP contribution in [0.3, 0.4) is 0 Å². The Morgan fingerprint density at radius 1 is 1.39 bits per heavy atom. The van der Waals surface area contributed by atoms with Crippen molar-refractivity contribution in [2.75, 3.05) is 6.54 Å². The highest BCUT2D eigenvalue weighted by Crippen LogP contribution is 2.40. The zero-order valence-electron chi connectivity index (χ0n) is 13.4. The highest BCUT2D eigenvalue weighted by molar-refractivity contribution is 6.29. The Morgan fingerprint density at radius 3 is 2.87 bits per heavy atom. The van der Waals surface area contributed by atoms with E-state index in [1.165, 1.54) is 6.20 Å². The molecule has 124 valence electrons. The molecule has 0 aromatic carbocycles. The summed E-state index contributed by atoms with van der Waals surface area (Å²) in [7, 11) is 0. The maximum absolute atomic E-state index is 12.4. The minimum absolute atomic E-state index is 0.0531. The first kappa shape index (κ1) is 16.2. The Hall–Kier alpha value is -1.69. The van der Waals surface area contributed by atoms with Crippen molar-refractivity contribution in [1.82, 2.24) is 20.2 Å². The molecule has 2 amide bonds. The number of aromatic nitrogens is 2. The Morgan fingerprint density at radius 2 is 2.13 bits per heavy atom. The number of nitrogens with zero attached hydrogens (tertiary/aromatic N) is 3. The van der Waals surface area contributed by atoms with Crippen LogP contribution < -0.4 is 5.32 Å². The van der Waals surface area contributed by atoms with Crippen LogP contribution in [-0.4, -0.2) is 39.3 Å². The third-order valence-corrected chi connectivity index (χ3v) is 5.13. The minimum Gasteiger partial charge on any atom is -0.350 e. The number of hydrogen-bond donors (Lipinski definition) is 1. The Bertz CT molecular complexity index is 634. The molecular weight excluding hydrogens is 316 g/mol. The molecule has 2 fully saturated rings. The van der Waals surface area contributed by atoms with Crippen LogP contribution >= 0.6 is 11.6 Å². The van der Waals surface area contributed by atoms with Gasteiger partial charge in [0.2, 0.25) is 11.8 Å². The maximum atomic E-state index is 12.4. The van der Waals surface area contributed by atoms with E-state index in [4.69, 9.17) is 11.6 Å². The molecule has 2 atom stereocenters. The van der Waals surface area contributed by atoms with Gasteiger partial charge >= 0.3 is 0 Å². The van der Waals surface area contributed by atoms with Crippen molar-refractivity contribution >= 4 is 23.4 Å². The zero-order chi connectivity index (χ0) is 16.6. The molecule has 1 N–H and O–H groups in total. The lowest BCUT2D eigenvalue weighted by atomic mass is 9.87. The smallest absolute Gasteiger partial charge is 0.228 e.